The highest BCUT2D eigenvalue weighted by Gasteiger charge is 2.44. The Morgan fingerprint density at radius 3 is 2.72 bits per heavy atom. The summed E-state index contributed by atoms with van der Waals surface area (Å²) >= 11 is 3.50. The molecule has 0 radical (unpaired) electrons. The first kappa shape index (κ1) is 16.5. The number of carbonyl (C=O) groups excluding carboxylic acids is 1. The molecule has 0 amide bonds. The molecular weight excluding hydrogens is 380 g/mol. The summed E-state index contributed by atoms with van der Waals surface area (Å²) in [6, 6.07) is 16.0. The highest BCUT2D eigenvalue weighted by atomic mass is 79.9. The highest BCUT2D eigenvalue weighted by molar-refractivity contribution is 9.10. The van der Waals surface area contributed by atoms with E-state index in [0.29, 0.717) is 6.61 Å². The lowest BCUT2D eigenvalue weighted by Crippen LogP contribution is -2.53. The number of para-hydroxylation sites is 1. The van der Waals surface area contributed by atoms with E-state index in [-0.39, 0.29) is 12.1 Å². The standard InChI is InChI=1S/C20H21BrN2O2/c1-2-25-20(24)19-16-6-3-4-7-17(16)22-13-5-8-18(22)23(19)15-11-9-14(21)10-12-15/h3-4,6-7,9-12,18-19H,2,5,8,13H2,1H3/t18-,19+/m1/s1. The average Bonchev–Trinajstić information content (AvgIpc) is 3.11. The number of benzene rings is 2. The van der Waals surface area contributed by atoms with Crippen LogP contribution in [0.4, 0.5) is 11.4 Å². The van der Waals surface area contributed by atoms with Crippen molar-refractivity contribution in [2.24, 2.45) is 0 Å². The van der Waals surface area contributed by atoms with Gasteiger partial charge < -0.3 is 14.5 Å². The third-order valence-electron chi connectivity index (χ3n) is 5.00. The smallest absolute Gasteiger partial charge is 0.333 e. The molecule has 1 fully saturated rings. The third-order valence-corrected chi connectivity index (χ3v) is 5.52. The van der Waals surface area contributed by atoms with Gasteiger partial charge in [0.25, 0.3) is 0 Å². The van der Waals surface area contributed by atoms with Gasteiger partial charge in [-0.2, -0.15) is 0 Å². The van der Waals surface area contributed by atoms with Crippen molar-refractivity contribution in [2.45, 2.75) is 32.0 Å². The number of ether oxygens (including phenoxy) is 1. The molecule has 25 heavy (non-hydrogen) atoms. The monoisotopic (exact) mass is 400 g/mol. The maximum atomic E-state index is 12.9. The van der Waals surface area contributed by atoms with Gasteiger partial charge in [-0.25, -0.2) is 4.79 Å². The summed E-state index contributed by atoms with van der Waals surface area (Å²) in [6.45, 7) is 3.27. The van der Waals surface area contributed by atoms with Crippen LogP contribution in [0.15, 0.2) is 53.0 Å². The summed E-state index contributed by atoms with van der Waals surface area (Å²) in [5.74, 6) is -0.176. The Balaban J connectivity index is 1.86. The fourth-order valence-corrected chi connectivity index (χ4v) is 4.28. The average molecular weight is 401 g/mol. The number of halogens is 1. The van der Waals surface area contributed by atoms with Crippen molar-refractivity contribution in [3.8, 4) is 0 Å². The zero-order chi connectivity index (χ0) is 17.4. The Labute approximate surface area is 156 Å². The molecule has 2 aliphatic heterocycles. The van der Waals surface area contributed by atoms with Crippen LogP contribution in [0.25, 0.3) is 0 Å². The van der Waals surface area contributed by atoms with Gasteiger partial charge in [0.2, 0.25) is 0 Å². The van der Waals surface area contributed by atoms with Crippen LogP contribution < -0.4 is 9.80 Å². The molecule has 0 saturated carbocycles. The molecule has 0 aromatic heterocycles. The number of rotatable bonds is 3. The van der Waals surface area contributed by atoms with Crippen LogP contribution >= 0.6 is 15.9 Å². The minimum atomic E-state index is -0.406. The third kappa shape index (κ3) is 2.80. The van der Waals surface area contributed by atoms with Gasteiger partial charge in [0.15, 0.2) is 6.04 Å². The van der Waals surface area contributed by atoms with E-state index in [0.717, 1.165) is 40.8 Å². The van der Waals surface area contributed by atoms with E-state index in [1.54, 1.807) is 0 Å². The van der Waals surface area contributed by atoms with Crippen LogP contribution in [0.5, 0.6) is 0 Å². The Morgan fingerprint density at radius 1 is 1.20 bits per heavy atom. The maximum Gasteiger partial charge on any atom is 0.333 e. The summed E-state index contributed by atoms with van der Waals surface area (Å²) in [5, 5.41) is 0. The van der Waals surface area contributed by atoms with Crippen LogP contribution in [-0.4, -0.2) is 25.3 Å². The fraction of sp³-hybridized carbons (Fsp3) is 0.350. The molecule has 4 nitrogen and oxygen atoms in total. The fourth-order valence-electron chi connectivity index (χ4n) is 4.02. The molecule has 2 atom stereocenters. The van der Waals surface area contributed by atoms with E-state index in [2.05, 4.69) is 50.0 Å². The number of fused-ring (bicyclic) bond motifs is 3. The van der Waals surface area contributed by atoms with E-state index in [1.165, 1.54) is 0 Å². The molecule has 0 aliphatic carbocycles. The molecule has 4 rings (SSSR count). The van der Waals surface area contributed by atoms with Crippen molar-refractivity contribution in [1.82, 2.24) is 0 Å². The number of hydrogen-bond donors (Lipinski definition) is 0. The van der Waals surface area contributed by atoms with Crippen LogP contribution in [0, 0.1) is 0 Å². The minimum absolute atomic E-state index is 0.176. The van der Waals surface area contributed by atoms with Crippen molar-refractivity contribution in [3.63, 3.8) is 0 Å². The summed E-state index contributed by atoms with van der Waals surface area (Å²) < 4.78 is 6.49. The Bertz CT molecular complexity index is 778. The largest absolute Gasteiger partial charge is 0.464 e. The summed E-state index contributed by atoms with van der Waals surface area (Å²) in [5.41, 5.74) is 3.24. The second-order valence-corrected chi connectivity index (χ2v) is 7.33. The quantitative estimate of drug-likeness (QED) is 0.710. The molecule has 2 aliphatic rings. The van der Waals surface area contributed by atoms with Gasteiger partial charge in [-0.3, -0.25) is 0 Å². The molecule has 0 spiro atoms. The molecule has 130 valence electrons. The normalized spacial score (nSPS) is 21.7. The van der Waals surface area contributed by atoms with Gasteiger partial charge in [0, 0.05) is 28.0 Å². The van der Waals surface area contributed by atoms with Gasteiger partial charge >= 0.3 is 5.97 Å². The van der Waals surface area contributed by atoms with Gasteiger partial charge in [-0.05, 0) is 50.1 Å². The Hall–Kier alpha value is -2.01. The molecule has 0 unspecified atom stereocenters. The molecule has 2 aromatic rings. The number of anilines is 2. The number of esters is 1. The van der Waals surface area contributed by atoms with Crippen molar-refractivity contribution in [1.29, 1.82) is 0 Å². The van der Waals surface area contributed by atoms with Crippen molar-refractivity contribution in [2.75, 3.05) is 23.0 Å². The lowest BCUT2D eigenvalue weighted by atomic mass is 9.97. The van der Waals surface area contributed by atoms with Crippen molar-refractivity contribution >= 4 is 33.3 Å². The second kappa shape index (κ2) is 6.71. The lowest BCUT2D eigenvalue weighted by molar-refractivity contribution is -0.145. The van der Waals surface area contributed by atoms with Crippen molar-refractivity contribution < 1.29 is 9.53 Å². The van der Waals surface area contributed by atoms with E-state index in [1.807, 2.05) is 31.2 Å². The predicted molar refractivity (Wildman–Crippen MR) is 103 cm³/mol. The van der Waals surface area contributed by atoms with E-state index < -0.39 is 6.04 Å². The second-order valence-electron chi connectivity index (χ2n) is 6.41. The first-order valence-corrected chi connectivity index (χ1v) is 9.56. The SMILES string of the molecule is CCOC(=O)[C@@H]1c2ccccc2N2CCC[C@H]2N1c1ccc(Br)cc1. The van der Waals surface area contributed by atoms with E-state index in [9.17, 15) is 4.79 Å². The van der Waals surface area contributed by atoms with Crippen LogP contribution in [0.2, 0.25) is 0 Å². The molecule has 2 heterocycles. The number of nitrogens with zero attached hydrogens (tertiary/aromatic N) is 2. The topological polar surface area (TPSA) is 32.8 Å². The van der Waals surface area contributed by atoms with Gasteiger partial charge in [0.05, 0.1) is 6.61 Å². The van der Waals surface area contributed by atoms with Gasteiger partial charge in [0.1, 0.15) is 6.17 Å². The zero-order valence-corrected chi connectivity index (χ0v) is 15.8. The van der Waals surface area contributed by atoms with Crippen LogP contribution in [-0.2, 0) is 9.53 Å². The molecule has 0 N–H and O–H groups in total. The maximum absolute atomic E-state index is 12.9. The first-order chi connectivity index (χ1) is 12.2. The highest BCUT2D eigenvalue weighted by Crippen LogP contribution is 2.45. The number of hydrogen-bond acceptors (Lipinski definition) is 4. The zero-order valence-electron chi connectivity index (χ0n) is 14.2. The Morgan fingerprint density at radius 2 is 1.96 bits per heavy atom. The Kier molecular flexibility index (Phi) is 4.42. The minimum Gasteiger partial charge on any atom is -0.464 e. The predicted octanol–water partition coefficient (Wildman–Crippen LogP) is 4.50. The summed E-state index contributed by atoms with van der Waals surface area (Å²) in [6.07, 6.45) is 2.35. The van der Waals surface area contributed by atoms with E-state index in [4.69, 9.17) is 4.74 Å². The molecule has 5 heteroatoms. The summed E-state index contributed by atoms with van der Waals surface area (Å²) in [4.78, 5) is 17.6. The molecule has 2 aromatic carbocycles. The lowest BCUT2D eigenvalue weighted by Gasteiger charge is -2.47. The number of carbonyl (C=O) groups is 1. The van der Waals surface area contributed by atoms with Crippen LogP contribution in [0.3, 0.4) is 0 Å². The van der Waals surface area contributed by atoms with Gasteiger partial charge in [-0.1, -0.05) is 34.1 Å². The first-order valence-electron chi connectivity index (χ1n) is 8.77. The molecular formula is C20H21BrN2O2. The van der Waals surface area contributed by atoms with Gasteiger partial charge in [-0.15, -0.1) is 0 Å². The molecule has 1 saturated heterocycles. The van der Waals surface area contributed by atoms with Crippen LogP contribution in [0.1, 0.15) is 31.4 Å². The molecule has 0 bridgehead atoms. The summed E-state index contributed by atoms with van der Waals surface area (Å²) in [7, 11) is 0. The van der Waals surface area contributed by atoms with E-state index >= 15 is 0 Å². The van der Waals surface area contributed by atoms with Crippen molar-refractivity contribution in [3.05, 3.63) is 58.6 Å².